The van der Waals surface area contributed by atoms with E-state index in [9.17, 15) is 4.79 Å². The minimum Gasteiger partial charge on any atom is -0.466 e. The zero-order valence-electron chi connectivity index (χ0n) is 13.2. The van der Waals surface area contributed by atoms with E-state index in [4.69, 9.17) is 10.5 Å². The summed E-state index contributed by atoms with van der Waals surface area (Å²) >= 11 is 1.53. The van der Waals surface area contributed by atoms with Gasteiger partial charge in [-0.3, -0.25) is 4.79 Å². The van der Waals surface area contributed by atoms with Crippen LogP contribution in [0.2, 0.25) is 0 Å². The van der Waals surface area contributed by atoms with Crippen molar-refractivity contribution in [2.45, 2.75) is 29.9 Å². The fourth-order valence-electron chi connectivity index (χ4n) is 2.25. The van der Waals surface area contributed by atoms with Crippen LogP contribution >= 0.6 is 11.8 Å². The van der Waals surface area contributed by atoms with Crippen LogP contribution in [0.5, 0.6) is 0 Å². The van der Waals surface area contributed by atoms with Crippen molar-refractivity contribution in [3.63, 3.8) is 0 Å². The van der Waals surface area contributed by atoms with Crippen molar-refractivity contribution >= 4 is 34.7 Å². The van der Waals surface area contributed by atoms with E-state index in [1.54, 1.807) is 0 Å². The molecule has 7 nitrogen and oxygen atoms in total. The van der Waals surface area contributed by atoms with Gasteiger partial charge in [-0.25, -0.2) is 15.0 Å². The van der Waals surface area contributed by atoms with Crippen LogP contribution in [0.15, 0.2) is 46.7 Å². The van der Waals surface area contributed by atoms with Crippen LogP contribution in [0.1, 0.15) is 13.3 Å². The Hall–Kier alpha value is -2.61. The summed E-state index contributed by atoms with van der Waals surface area (Å²) in [6.45, 7) is 2.37. The molecule has 0 amide bonds. The molecule has 0 aliphatic carbocycles. The van der Waals surface area contributed by atoms with Gasteiger partial charge in [0.25, 0.3) is 0 Å². The van der Waals surface area contributed by atoms with Crippen molar-refractivity contribution < 1.29 is 9.53 Å². The molecule has 0 bridgehead atoms. The van der Waals surface area contributed by atoms with E-state index < -0.39 is 0 Å². The predicted molar refractivity (Wildman–Crippen MR) is 91.6 cm³/mol. The molecule has 0 saturated heterocycles. The number of nitrogen functional groups attached to an aromatic ring is 1. The summed E-state index contributed by atoms with van der Waals surface area (Å²) in [5.74, 6) is 0.0737. The number of carbonyl (C=O) groups excluding carboxylic acids is 1. The minimum absolute atomic E-state index is 0.282. The number of rotatable bonds is 6. The standard InChI is InChI=1S/C16H17N5O2S/c1-11(22)23-9-5-8-21-15-13(14(17)18-10-19-15)20-16(21)24-12-6-3-2-4-7-12/h2-4,6-7,10H,5,8-9H2,1H3,(H2,17,18,19). The van der Waals surface area contributed by atoms with Crippen molar-refractivity contribution in [1.29, 1.82) is 0 Å². The number of hydrogen-bond donors (Lipinski definition) is 1. The van der Waals surface area contributed by atoms with Crippen LogP contribution < -0.4 is 5.73 Å². The van der Waals surface area contributed by atoms with Crippen molar-refractivity contribution in [2.24, 2.45) is 0 Å². The first-order valence-electron chi connectivity index (χ1n) is 7.48. The molecule has 0 spiro atoms. The third-order valence-electron chi connectivity index (χ3n) is 3.31. The van der Waals surface area contributed by atoms with E-state index in [-0.39, 0.29) is 5.97 Å². The largest absolute Gasteiger partial charge is 0.466 e. The van der Waals surface area contributed by atoms with Crippen LogP contribution in [0.25, 0.3) is 11.2 Å². The van der Waals surface area contributed by atoms with Crippen LogP contribution in [-0.2, 0) is 16.1 Å². The Morgan fingerprint density at radius 2 is 2.08 bits per heavy atom. The number of anilines is 1. The van der Waals surface area contributed by atoms with Crippen molar-refractivity contribution in [3.05, 3.63) is 36.7 Å². The molecule has 0 fully saturated rings. The second-order valence-corrected chi connectivity index (χ2v) is 6.13. The molecule has 0 aliphatic rings. The third-order valence-corrected chi connectivity index (χ3v) is 4.31. The zero-order valence-corrected chi connectivity index (χ0v) is 14.0. The van der Waals surface area contributed by atoms with Gasteiger partial charge in [-0.05, 0) is 18.6 Å². The SMILES string of the molecule is CC(=O)OCCCn1c(Sc2ccccc2)nc2c(N)ncnc21. The molecule has 0 atom stereocenters. The van der Waals surface area contributed by atoms with Gasteiger partial charge in [-0.1, -0.05) is 30.0 Å². The van der Waals surface area contributed by atoms with Crippen molar-refractivity contribution in [2.75, 3.05) is 12.3 Å². The number of imidazole rings is 1. The van der Waals surface area contributed by atoms with Gasteiger partial charge in [0.15, 0.2) is 22.1 Å². The molecular formula is C16H17N5O2S. The number of benzene rings is 1. The molecule has 124 valence electrons. The Balaban J connectivity index is 1.89. The molecular weight excluding hydrogens is 326 g/mol. The number of hydrogen-bond acceptors (Lipinski definition) is 7. The summed E-state index contributed by atoms with van der Waals surface area (Å²) < 4.78 is 6.98. The number of aromatic nitrogens is 4. The van der Waals surface area contributed by atoms with E-state index in [0.717, 1.165) is 10.1 Å². The van der Waals surface area contributed by atoms with Crippen LogP contribution in [-0.4, -0.2) is 32.1 Å². The summed E-state index contributed by atoms with van der Waals surface area (Å²) in [7, 11) is 0. The van der Waals surface area contributed by atoms with Gasteiger partial charge in [-0.15, -0.1) is 0 Å². The van der Waals surface area contributed by atoms with Gasteiger partial charge in [0, 0.05) is 18.4 Å². The summed E-state index contributed by atoms with van der Waals surface area (Å²) in [5, 5.41) is 0.784. The number of aryl methyl sites for hydroxylation is 1. The lowest BCUT2D eigenvalue weighted by molar-refractivity contribution is -0.141. The van der Waals surface area contributed by atoms with Gasteiger partial charge in [-0.2, -0.15) is 0 Å². The monoisotopic (exact) mass is 343 g/mol. The average molecular weight is 343 g/mol. The lowest BCUT2D eigenvalue weighted by Gasteiger charge is -2.08. The third kappa shape index (κ3) is 3.65. The Kier molecular flexibility index (Phi) is 4.95. The molecule has 3 rings (SSSR count). The van der Waals surface area contributed by atoms with E-state index in [0.29, 0.717) is 36.6 Å². The molecule has 2 aromatic heterocycles. The topological polar surface area (TPSA) is 95.9 Å². The maximum absolute atomic E-state index is 10.9. The summed E-state index contributed by atoms with van der Waals surface area (Å²) in [5.41, 5.74) is 7.19. The molecule has 24 heavy (non-hydrogen) atoms. The molecule has 8 heteroatoms. The number of carbonyl (C=O) groups is 1. The van der Waals surface area contributed by atoms with Crippen molar-refractivity contribution in [1.82, 2.24) is 19.5 Å². The number of fused-ring (bicyclic) bond motifs is 1. The predicted octanol–water partition coefficient (Wildman–Crippen LogP) is 2.51. The minimum atomic E-state index is -0.282. The van der Waals surface area contributed by atoms with Crippen LogP contribution in [0.3, 0.4) is 0 Å². The Morgan fingerprint density at radius 3 is 2.83 bits per heavy atom. The van der Waals surface area contributed by atoms with Crippen molar-refractivity contribution in [3.8, 4) is 0 Å². The molecule has 0 saturated carbocycles. The Morgan fingerprint density at radius 1 is 1.29 bits per heavy atom. The van der Waals surface area contributed by atoms with E-state index >= 15 is 0 Å². The fraction of sp³-hybridized carbons (Fsp3) is 0.250. The van der Waals surface area contributed by atoms with Gasteiger partial charge < -0.3 is 15.0 Å². The number of esters is 1. The molecule has 0 radical (unpaired) electrons. The molecule has 3 aromatic rings. The molecule has 1 aromatic carbocycles. The normalized spacial score (nSPS) is 10.9. The Bertz CT molecular complexity index is 850. The number of nitrogens with zero attached hydrogens (tertiary/aromatic N) is 4. The quantitative estimate of drug-likeness (QED) is 0.542. The second-order valence-electron chi connectivity index (χ2n) is 5.09. The van der Waals surface area contributed by atoms with Crippen LogP contribution in [0, 0.1) is 0 Å². The summed E-state index contributed by atoms with van der Waals surface area (Å²) in [6, 6.07) is 9.95. The highest BCUT2D eigenvalue weighted by Gasteiger charge is 2.15. The highest BCUT2D eigenvalue weighted by Crippen LogP contribution is 2.30. The fourth-order valence-corrected chi connectivity index (χ4v) is 3.17. The maximum Gasteiger partial charge on any atom is 0.302 e. The molecule has 2 N–H and O–H groups in total. The molecule has 0 aliphatic heterocycles. The van der Waals surface area contributed by atoms with Gasteiger partial charge >= 0.3 is 5.97 Å². The molecule has 2 heterocycles. The molecule has 0 unspecified atom stereocenters. The first-order chi connectivity index (χ1) is 11.6. The number of nitrogens with two attached hydrogens (primary N) is 1. The van der Waals surface area contributed by atoms with Crippen LogP contribution in [0.4, 0.5) is 5.82 Å². The first kappa shape index (κ1) is 16.3. The van der Waals surface area contributed by atoms with E-state index in [1.807, 2.05) is 34.9 Å². The highest BCUT2D eigenvalue weighted by atomic mass is 32.2. The Labute approximate surface area is 143 Å². The van der Waals surface area contributed by atoms with E-state index in [1.165, 1.54) is 25.0 Å². The van der Waals surface area contributed by atoms with Gasteiger partial charge in [0.05, 0.1) is 6.61 Å². The first-order valence-corrected chi connectivity index (χ1v) is 8.30. The zero-order chi connectivity index (χ0) is 16.9. The summed E-state index contributed by atoms with van der Waals surface area (Å²) in [6.07, 6.45) is 2.09. The lowest BCUT2D eigenvalue weighted by atomic mass is 10.4. The van der Waals surface area contributed by atoms with E-state index in [2.05, 4.69) is 15.0 Å². The second kappa shape index (κ2) is 7.31. The average Bonchev–Trinajstić information content (AvgIpc) is 2.91. The highest BCUT2D eigenvalue weighted by molar-refractivity contribution is 7.99. The lowest BCUT2D eigenvalue weighted by Crippen LogP contribution is -2.07. The van der Waals surface area contributed by atoms with Gasteiger partial charge in [0.2, 0.25) is 0 Å². The summed E-state index contributed by atoms with van der Waals surface area (Å²) in [4.78, 5) is 24.9. The van der Waals surface area contributed by atoms with Gasteiger partial charge in [0.1, 0.15) is 6.33 Å². The maximum atomic E-state index is 10.9. The smallest absolute Gasteiger partial charge is 0.302 e. The number of ether oxygens (including phenoxy) is 1.